The molecule has 2 heteroatoms. The Balaban J connectivity index is 2.49. The molecule has 2 atom stereocenters. The lowest BCUT2D eigenvalue weighted by molar-refractivity contribution is 0.932. The average molecular weight is 144 g/mol. The summed E-state index contributed by atoms with van der Waals surface area (Å²) in [6, 6.07) is 0. The molecule has 0 saturated carbocycles. The summed E-state index contributed by atoms with van der Waals surface area (Å²) >= 11 is 0. The van der Waals surface area contributed by atoms with E-state index < -0.39 is 0 Å². The van der Waals surface area contributed by atoms with Crippen LogP contribution in [0.1, 0.15) is 0 Å². The summed E-state index contributed by atoms with van der Waals surface area (Å²) in [6.45, 7) is 0. The van der Waals surface area contributed by atoms with E-state index in [1.165, 1.54) is 0 Å². The van der Waals surface area contributed by atoms with Crippen molar-refractivity contribution in [1.82, 2.24) is 0 Å². The van der Waals surface area contributed by atoms with E-state index in [0.717, 1.165) is 0 Å². The van der Waals surface area contributed by atoms with Crippen molar-refractivity contribution in [1.29, 1.82) is 0 Å². The van der Waals surface area contributed by atoms with Crippen molar-refractivity contribution in [3.63, 3.8) is 0 Å². The van der Waals surface area contributed by atoms with Gasteiger partial charge in [0.15, 0.2) is 0 Å². The molecular formula is C6H10P2. The highest BCUT2D eigenvalue weighted by Crippen LogP contribution is 2.24. The van der Waals surface area contributed by atoms with E-state index in [0.29, 0.717) is 11.3 Å². The Labute approximate surface area is 54.8 Å². The maximum Gasteiger partial charge on any atom is 0.00500 e. The van der Waals surface area contributed by atoms with E-state index >= 15 is 0 Å². The van der Waals surface area contributed by atoms with Crippen LogP contribution in [0.3, 0.4) is 0 Å². The van der Waals surface area contributed by atoms with Crippen molar-refractivity contribution in [2.45, 2.75) is 5.40 Å². The summed E-state index contributed by atoms with van der Waals surface area (Å²) in [6.07, 6.45) is 8.58. The molecule has 0 aromatic carbocycles. The first kappa shape index (κ1) is 6.46. The lowest BCUT2D eigenvalue weighted by Crippen LogP contribution is -1.97. The van der Waals surface area contributed by atoms with Crippen molar-refractivity contribution >= 4 is 18.5 Å². The summed E-state index contributed by atoms with van der Waals surface area (Å²) in [5, 5.41) is 0.602. The van der Waals surface area contributed by atoms with Crippen LogP contribution in [0.15, 0.2) is 24.3 Å². The van der Waals surface area contributed by atoms with Crippen LogP contribution in [-0.4, -0.2) is 5.40 Å². The molecule has 0 heterocycles. The average Bonchev–Trinajstić information content (AvgIpc) is 2.12. The van der Waals surface area contributed by atoms with Gasteiger partial charge in [-0.1, -0.05) is 24.3 Å². The Bertz CT molecular complexity index is 112. The van der Waals surface area contributed by atoms with Gasteiger partial charge in [-0.25, -0.2) is 0 Å². The molecule has 0 aromatic rings. The molecule has 8 heavy (non-hydrogen) atoms. The minimum atomic E-state index is 0.602. The van der Waals surface area contributed by atoms with E-state index in [9.17, 15) is 0 Å². The molecule has 0 radical (unpaired) electrons. The first-order valence-electron chi connectivity index (χ1n) is 2.67. The van der Waals surface area contributed by atoms with Crippen LogP contribution < -0.4 is 0 Å². The van der Waals surface area contributed by atoms with Crippen molar-refractivity contribution in [2.24, 2.45) is 5.92 Å². The highest BCUT2D eigenvalue weighted by atomic mass is 31.1. The second-order valence-corrected chi connectivity index (χ2v) is 4.23. The first-order valence-corrected chi connectivity index (χ1v) is 4.00. The molecule has 0 aliphatic heterocycles. The highest BCUT2D eigenvalue weighted by molar-refractivity contribution is 7.37. The van der Waals surface area contributed by atoms with Crippen molar-refractivity contribution in [2.75, 3.05) is 0 Å². The van der Waals surface area contributed by atoms with Gasteiger partial charge >= 0.3 is 0 Å². The normalized spacial score (nSPS) is 18.9. The molecule has 1 aliphatic rings. The van der Waals surface area contributed by atoms with E-state index in [4.69, 9.17) is 0 Å². The third-order valence-corrected chi connectivity index (χ3v) is 2.11. The van der Waals surface area contributed by atoms with E-state index in [2.05, 4.69) is 42.8 Å². The third-order valence-electron chi connectivity index (χ3n) is 1.22. The minimum Gasteiger partial charge on any atom is -0.129 e. The van der Waals surface area contributed by atoms with Gasteiger partial charge in [0.1, 0.15) is 0 Å². The number of rotatable bonds is 1. The Morgan fingerprint density at radius 3 is 1.88 bits per heavy atom. The van der Waals surface area contributed by atoms with Gasteiger partial charge in [0.05, 0.1) is 0 Å². The standard InChI is InChI=1S/C6H10P2/c7-6(8)5-3-1-2-4-5/h1-6H,7-8H2. The van der Waals surface area contributed by atoms with Crippen molar-refractivity contribution < 1.29 is 0 Å². The summed E-state index contributed by atoms with van der Waals surface area (Å²) in [5.41, 5.74) is 0. The molecule has 1 rings (SSSR count). The molecule has 0 aromatic heterocycles. The van der Waals surface area contributed by atoms with Crippen LogP contribution in [0.25, 0.3) is 0 Å². The van der Waals surface area contributed by atoms with Crippen molar-refractivity contribution in [3.05, 3.63) is 24.3 Å². The number of hydrogen-bond acceptors (Lipinski definition) is 0. The molecule has 0 saturated heterocycles. The van der Waals surface area contributed by atoms with Gasteiger partial charge in [-0.2, -0.15) is 0 Å². The predicted octanol–water partition coefficient (Wildman–Crippen LogP) is 1.80. The van der Waals surface area contributed by atoms with Gasteiger partial charge < -0.3 is 0 Å². The fourth-order valence-electron chi connectivity index (χ4n) is 0.706. The van der Waals surface area contributed by atoms with Crippen LogP contribution in [-0.2, 0) is 0 Å². The van der Waals surface area contributed by atoms with E-state index in [-0.39, 0.29) is 0 Å². The maximum absolute atomic E-state index is 2.76. The van der Waals surface area contributed by atoms with Gasteiger partial charge in [-0.15, -0.1) is 18.5 Å². The zero-order valence-electron chi connectivity index (χ0n) is 4.62. The molecule has 0 N–H and O–H groups in total. The molecule has 0 fully saturated rings. The molecule has 0 amide bonds. The summed E-state index contributed by atoms with van der Waals surface area (Å²) in [7, 11) is 5.53. The van der Waals surface area contributed by atoms with Crippen molar-refractivity contribution in [3.8, 4) is 0 Å². The summed E-state index contributed by atoms with van der Waals surface area (Å²) < 4.78 is 0. The monoisotopic (exact) mass is 144 g/mol. The van der Waals surface area contributed by atoms with Gasteiger partial charge in [0.2, 0.25) is 0 Å². The predicted molar refractivity (Wildman–Crippen MR) is 45.0 cm³/mol. The lowest BCUT2D eigenvalue weighted by atomic mass is 10.2. The lowest BCUT2D eigenvalue weighted by Gasteiger charge is -2.06. The zero-order chi connectivity index (χ0) is 5.98. The summed E-state index contributed by atoms with van der Waals surface area (Å²) in [5.74, 6) is 0.630. The van der Waals surface area contributed by atoms with E-state index in [1.807, 2.05) is 0 Å². The second-order valence-electron chi connectivity index (χ2n) is 1.92. The first-order chi connectivity index (χ1) is 3.80. The molecule has 2 unspecified atom stereocenters. The third kappa shape index (κ3) is 1.41. The Morgan fingerprint density at radius 1 is 1.12 bits per heavy atom. The van der Waals surface area contributed by atoms with Gasteiger partial charge in [-0.3, -0.25) is 0 Å². The molecule has 0 nitrogen and oxygen atoms in total. The quantitative estimate of drug-likeness (QED) is 0.492. The van der Waals surface area contributed by atoms with Crippen LogP contribution in [0, 0.1) is 5.92 Å². The van der Waals surface area contributed by atoms with Gasteiger partial charge in [0.25, 0.3) is 0 Å². The van der Waals surface area contributed by atoms with Crippen LogP contribution >= 0.6 is 18.5 Å². The van der Waals surface area contributed by atoms with Gasteiger partial charge in [0, 0.05) is 5.92 Å². The smallest absolute Gasteiger partial charge is 0.00500 e. The van der Waals surface area contributed by atoms with Crippen LogP contribution in [0.2, 0.25) is 0 Å². The number of hydrogen-bond donors (Lipinski definition) is 0. The zero-order valence-corrected chi connectivity index (χ0v) is 6.93. The van der Waals surface area contributed by atoms with E-state index in [1.54, 1.807) is 0 Å². The van der Waals surface area contributed by atoms with Crippen LogP contribution in [0.4, 0.5) is 0 Å². The Kier molecular flexibility index (Phi) is 2.23. The molecule has 44 valence electrons. The molecule has 0 bridgehead atoms. The highest BCUT2D eigenvalue weighted by Gasteiger charge is 2.06. The SMILES string of the molecule is PC(P)C1C=CC=C1. The fourth-order valence-corrected chi connectivity index (χ4v) is 1.22. The van der Waals surface area contributed by atoms with Gasteiger partial charge in [-0.05, 0) is 5.40 Å². The molecule has 0 spiro atoms. The molecular weight excluding hydrogens is 134 g/mol. The largest absolute Gasteiger partial charge is 0.129 e. The topological polar surface area (TPSA) is 0 Å². The maximum atomic E-state index is 2.76. The second kappa shape index (κ2) is 2.76. The molecule has 1 aliphatic carbocycles. The minimum absolute atomic E-state index is 0.602. The summed E-state index contributed by atoms with van der Waals surface area (Å²) in [4.78, 5) is 0. The Morgan fingerprint density at radius 2 is 1.62 bits per heavy atom. The Hall–Kier alpha value is 0.340. The fraction of sp³-hybridized carbons (Fsp3) is 0.333. The number of allylic oxidation sites excluding steroid dienone is 4. The van der Waals surface area contributed by atoms with Crippen LogP contribution in [0.5, 0.6) is 0 Å².